The summed E-state index contributed by atoms with van der Waals surface area (Å²) >= 11 is 1.96. The number of aromatic nitrogens is 2. The first-order valence-corrected chi connectivity index (χ1v) is 5.34. The van der Waals surface area contributed by atoms with Crippen LogP contribution < -0.4 is 5.73 Å². The van der Waals surface area contributed by atoms with Crippen LogP contribution in [0.2, 0.25) is 0 Å². The highest BCUT2D eigenvalue weighted by atomic mass is 32.2. The molecule has 12 heavy (non-hydrogen) atoms. The van der Waals surface area contributed by atoms with E-state index in [-0.39, 0.29) is 6.04 Å². The summed E-state index contributed by atoms with van der Waals surface area (Å²) in [6.45, 7) is 1.98. The lowest BCUT2D eigenvalue weighted by Crippen LogP contribution is -2.09. The number of fused-ring (bicyclic) bond motifs is 1. The minimum atomic E-state index is 0.0590. The van der Waals surface area contributed by atoms with Gasteiger partial charge in [0.2, 0.25) is 0 Å². The Bertz CT molecular complexity index is 280. The molecular weight excluding hydrogens is 170 g/mol. The summed E-state index contributed by atoms with van der Waals surface area (Å²) in [4.78, 5) is 0. The van der Waals surface area contributed by atoms with Crippen LogP contribution in [0.15, 0.2) is 0 Å². The van der Waals surface area contributed by atoms with Crippen molar-refractivity contribution in [3.63, 3.8) is 0 Å². The Hall–Kier alpha value is -0.480. The number of aromatic amines is 1. The predicted molar refractivity (Wildman–Crippen MR) is 51.1 cm³/mol. The molecule has 0 bridgehead atoms. The number of H-pyrrole nitrogens is 1. The number of nitrogens with one attached hydrogen (secondary N) is 1. The zero-order valence-corrected chi connectivity index (χ0v) is 7.95. The molecular formula is C8H13N3S. The maximum atomic E-state index is 5.79. The van der Waals surface area contributed by atoms with Crippen molar-refractivity contribution in [3.05, 3.63) is 17.0 Å². The van der Waals surface area contributed by atoms with Crippen molar-refractivity contribution in [1.82, 2.24) is 10.2 Å². The molecule has 66 valence electrons. The van der Waals surface area contributed by atoms with E-state index >= 15 is 0 Å². The normalized spacial score (nSPS) is 18.8. The van der Waals surface area contributed by atoms with Crippen LogP contribution >= 0.6 is 11.8 Å². The maximum Gasteiger partial charge on any atom is 0.0829 e. The average Bonchev–Trinajstić information content (AvgIpc) is 2.47. The molecule has 0 amide bonds. The molecule has 0 aliphatic carbocycles. The lowest BCUT2D eigenvalue weighted by molar-refractivity contribution is 0.765. The fourth-order valence-corrected chi connectivity index (χ4v) is 2.53. The highest BCUT2D eigenvalue weighted by Crippen LogP contribution is 2.27. The number of hydrogen-bond acceptors (Lipinski definition) is 3. The van der Waals surface area contributed by atoms with E-state index in [1.165, 1.54) is 17.0 Å². The van der Waals surface area contributed by atoms with E-state index in [1.54, 1.807) is 0 Å². The lowest BCUT2D eigenvalue weighted by Gasteiger charge is -2.11. The van der Waals surface area contributed by atoms with Crippen molar-refractivity contribution in [3.8, 4) is 0 Å². The third kappa shape index (κ3) is 1.25. The number of rotatable bonds is 1. The zero-order chi connectivity index (χ0) is 8.55. The van der Waals surface area contributed by atoms with Crippen molar-refractivity contribution in [1.29, 1.82) is 0 Å². The van der Waals surface area contributed by atoms with E-state index in [4.69, 9.17) is 5.73 Å². The molecule has 2 rings (SSSR count). The summed E-state index contributed by atoms with van der Waals surface area (Å²) in [5.74, 6) is 2.27. The number of aryl methyl sites for hydroxylation is 1. The standard InChI is InChI=1S/C8H13N3S/c1-5(9)8-6-4-12-3-2-7(6)10-11-8/h5H,2-4,9H2,1H3,(H,10,11). The van der Waals surface area contributed by atoms with E-state index in [1.807, 2.05) is 18.7 Å². The summed E-state index contributed by atoms with van der Waals surface area (Å²) in [5, 5.41) is 7.30. The van der Waals surface area contributed by atoms with E-state index in [0.717, 1.165) is 17.9 Å². The van der Waals surface area contributed by atoms with Crippen molar-refractivity contribution in [2.24, 2.45) is 5.73 Å². The molecule has 3 N–H and O–H groups in total. The summed E-state index contributed by atoms with van der Waals surface area (Å²) in [7, 11) is 0. The summed E-state index contributed by atoms with van der Waals surface area (Å²) in [6.07, 6.45) is 1.11. The monoisotopic (exact) mass is 183 g/mol. The van der Waals surface area contributed by atoms with Gasteiger partial charge in [0.25, 0.3) is 0 Å². The van der Waals surface area contributed by atoms with Gasteiger partial charge in [-0.15, -0.1) is 0 Å². The second-order valence-corrected chi connectivity index (χ2v) is 4.26. The van der Waals surface area contributed by atoms with Gasteiger partial charge in [0.15, 0.2) is 0 Å². The van der Waals surface area contributed by atoms with E-state index in [9.17, 15) is 0 Å². The fourth-order valence-electron chi connectivity index (χ4n) is 1.51. The molecule has 1 aliphatic rings. The van der Waals surface area contributed by atoms with Crippen LogP contribution in [0.5, 0.6) is 0 Å². The smallest absolute Gasteiger partial charge is 0.0829 e. The molecule has 2 heterocycles. The molecule has 1 unspecified atom stereocenters. The number of hydrogen-bond donors (Lipinski definition) is 2. The number of nitrogens with two attached hydrogens (primary N) is 1. The minimum absolute atomic E-state index is 0.0590. The van der Waals surface area contributed by atoms with Crippen molar-refractivity contribution < 1.29 is 0 Å². The highest BCUT2D eigenvalue weighted by molar-refractivity contribution is 7.98. The van der Waals surface area contributed by atoms with E-state index in [0.29, 0.717) is 0 Å². The first kappa shape index (κ1) is 8.13. The first-order valence-electron chi connectivity index (χ1n) is 4.18. The van der Waals surface area contributed by atoms with Gasteiger partial charge in [-0.05, 0) is 19.1 Å². The largest absolute Gasteiger partial charge is 0.323 e. The Kier molecular flexibility index (Phi) is 2.11. The van der Waals surface area contributed by atoms with Crippen LogP contribution in [0.1, 0.15) is 29.9 Å². The first-order chi connectivity index (χ1) is 5.79. The molecule has 1 aromatic rings. The average molecular weight is 183 g/mol. The lowest BCUT2D eigenvalue weighted by atomic mass is 10.1. The van der Waals surface area contributed by atoms with E-state index in [2.05, 4.69) is 10.2 Å². The topological polar surface area (TPSA) is 54.7 Å². The molecule has 3 nitrogen and oxygen atoms in total. The molecule has 0 fully saturated rings. The molecule has 0 spiro atoms. The zero-order valence-electron chi connectivity index (χ0n) is 7.13. The van der Waals surface area contributed by atoms with Crippen LogP contribution in [0.3, 0.4) is 0 Å². The van der Waals surface area contributed by atoms with Crippen molar-refractivity contribution in [2.45, 2.75) is 25.1 Å². The Balaban J connectivity index is 2.38. The summed E-state index contributed by atoms with van der Waals surface area (Å²) in [5.41, 5.74) is 9.48. The summed E-state index contributed by atoms with van der Waals surface area (Å²) < 4.78 is 0. The maximum absolute atomic E-state index is 5.79. The molecule has 1 atom stereocenters. The molecule has 0 radical (unpaired) electrons. The molecule has 0 saturated carbocycles. The van der Waals surface area contributed by atoms with Gasteiger partial charge in [0.05, 0.1) is 5.69 Å². The second kappa shape index (κ2) is 3.11. The molecule has 1 aromatic heterocycles. The third-order valence-electron chi connectivity index (χ3n) is 2.16. The molecule has 0 saturated heterocycles. The predicted octanol–water partition coefficient (Wildman–Crippen LogP) is 1.22. The Labute approximate surface area is 76.1 Å². The van der Waals surface area contributed by atoms with Gasteiger partial charge in [-0.2, -0.15) is 16.9 Å². The number of thioether (sulfide) groups is 1. The van der Waals surface area contributed by atoms with Gasteiger partial charge in [-0.25, -0.2) is 0 Å². The van der Waals surface area contributed by atoms with Gasteiger partial charge < -0.3 is 5.73 Å². The second-order valence-electron chi connectivity index (χ2n) is 3.16. The van der Waals surface area contributed by atoms with E-state index < -0.39 is 0 Å². The Morgan fingerprint density at radius 1 is 1.67 bits per heavy atom. The van der Waals surface area contributed by atoms with Crippen molar-refractivity contribution >= 4 is 11.8 Å². The highest BCUT2D eigenvalue weighted by Gasteiger charge is 2.18. The molecule has 1 aliphatic heterocycles. The third-order valence-corrected chi connectivity index (χ3v) is 3.14. The summed E-state index contributed by atoms with van der Waals surface area (Å²) in [6, 6.07) is 0.0590. The van der Waals surface area contributed by atoms with Gasteiger partial charge in [0.1, 0.15) is 0 Å². The van der Waals surface area contributed by atoms with Gasteiger partial charge in [-0.1, -0.05) is 0 Å². The SMILES string of the molecule is CC(N)c1n[nH]c2c1CSCC2. The molecule has 0 aromatic carbocycles. The van der Waals surface area contributed by atoms with Crippen LogP contribution in [-0.2, 0) is 12.2 Å². The molecule has 4 heteroatoms. The van der Waals surface area contributed by atoms with Crippen LogP contribution in [0.4, 0.5) is 0 Å². The van der Waals surface area contributed by atoms with Crippen LogP contribution in [0.25, 0.3) is 0 Å². The Morgan fingerprint density at radius 2 is 2.50 bits per heavy atom. The van der Waals surface area contributed by atoms with Gasteiger partial charge >= 0.3 is 0 Å². The quantitative estimate of drug-likeness (QED) is 0.688. The minimum Gasteiger partial charge on any atom is -0.323 e. The number of nitrogens with zero attached hydrogens (tertiary/aromatic N) is 1. The Morgan fingerprint density at radius 3 is 3.25 bits per heavy atom. The van der Waals surface area contributed by atoms with Crippen LogP contribution in [0, 0.1) is 0 Å². The van der Waals surface area contributed by atoms with Crippen LogP contribution in [-0.4, -0.2) is 16.0 Å². The fraction of sp³-hybridized carbons (Fsp3) is 0.625. The van der Waals surface area contributed by atoms with Crippen molar-refractivity contribution in [2.75, 3.05) is 5.75 Å². The van der Waals surface area contributed by atoms with Gasteiger partial charge in [0, 0.05) is 23.1 Å². The van der Waals surface area contributed by atoms with Gasteiger partial charge in [-0.3, -0.25) is 5.10 Å².